The Morgan fingerprint density at radius 1 is 1.65 bits per heavy atom. The van der Waals surface area contributed by atoms with Crippen molar-refractivity contribution in [3.8, 4) is 0 Å². The molecule has 98 valence electrons. The lowest BCUT2D eigenvalue weighted by atomic mass is 10.3. The Hall–Kier alpha value is -0.360. The van der Waals surface area contributed by atoms with Crippen LogP contribution in [0.3, 0.4) is 0 Å². The highest BCUT2D eigenvalue weighted by Crippen LogP contribution is 2.12. The molecule has 1 aliphatic heterocycles. The van der Waals surface area contributed by atoms with Gasteiger partial charge in [-0.3, -0.25) is 9.59 Å². The van der Waals surface area contributed by atoms with E-state index in [1.165, 1.54) is 17.5 Å². The van der Waals surface area contributed by atoms with Crippen molar-refractivity contribution in [3.63, 3.8) is 0 Å². The molecule has 1 heterocycles. The first-order valence-corrected chi connectivity index (χ1v) is 8.02. The van der Waals surface area contributed by atoms with Crippen LogP contribution < -0.4 is 10.6 Å². The molecule has 17 heavy (non-hydrogen) atoms. The molecule has 0 bridgehead atoms. The Balaban J connectivity index is 1.99. The molecule has 1 unspecified atom stereocenters. The predicted molar refractivity (Wildman–Crippen MR) is 74.6 cm³/mol. The van der Waals surface area contributed by atoms with E-state index in [1.807, 2.05) is 11.8 Å². The van der Waals surface area contributed by atoms with Gasteiger partial charge in [-0.15, -0.1) is 0 Å². The third-order valence-corrected chi connectivity index (χ3v) is 4.57. The lowest BCUT2D eigenvalue weighted by molar-refractivity contribution is -0.122. The van der Waals surface area contributed by atoms with Gasteiger partial charge in [-0.25, -0.2) is 0 Å². The van der Waals surface area contributed by atoms with Gasteiger partial charge in [-0.05, 0) is 23.8 Å². The molecule has 0 spiro atoms. The van der Waals surface area contributed by atoms with Gasteiger partial charge < -0.3 is 10.6 Å². The summed E-state index contributed by atoms with van der Waals surface area (Å²) in [6.07, 6.45) is 0.983. The van der Waals surface area contributed by atoms with Crippen LogP contribution in [0, 0.1) is 5.92 Å². The first-order chi connectivity index (χ1) is 8.09. The number of nitrogens with one attached hydrogen (secondary N) is 2. The predicted octanol–water partition coefficient (Wildman–Crippen LogP) is 1.71. The fourth-order valence-corrected chi connectivity index (χ4v) is 3.12. The number of carbonyl (C=O) groups excluding carboxylic acids is 2. The average Bonchev–Trinajstić information content (AvgIpc) is 2.69. The van der Waals surface area contributed by atoms with Crippen molar-refractivity contribution in [2.45, 2.75) is 26.3 Å². The Labute approximate surface area is 111 Å². The van der Waals surface area contributed by atoms with Gasteiger partial charge in [-0.1, -0.05) is 25.6 Å². The Bertz CT molecular complexity index is 272. The van der Waals surface area contributed by atoms with E-state index in [2.05, 4.69) is 24.5 Å². The molecule has 6 heteroatoms. The van der Waals surface area contributed by atoms with Crippen LogP contribution in [0.4, 0.5) is 4.79 Å². The summed E-state index contributed by atoms with van der Waals surface area (Å²) in [5.74, 6) is 3.46. The van der Waals surface area contributed by atoms with Gasteiger partial charge in [0.1, 0.15) is 6.04 Å². The SMILES string of the molecule is CC(C)CSCCCNC(=O)C1CSC(=O)N1. The molecule has 1 atom stereocenters. The van der Waals surface area contributed by atoms with Crippen molar-refractivity contribution >= 4 is 34.7 Å². The van der Waals surface area contributed by atoms with E-state index in [0.29, 0.717) is 12.3 Å². The Kier molecular flexibility index (Phi) is 6.80. The Morgan fingerprint density at radius 3 is 3.00 bits per heavy atom. The molecular formula is C11H20N2O2S2. The highest BCUT2D eigenvalue weighted by atomic mass is 32.2. The molecule has 0 aliphatic carbocycles. The van der Waals surface area contributed by atoms with Gasteiger partial charge in [0, 0.05) is 12.3 Å². The van der Waals surface area contributed by atoms with Crippen molar-refractivity contribution in [1.82, 2.24) is 10.6 Å². The maximum absolute atomic E-state index is 11.6. The molecule has 1 aliphatic rings. The molecule has 0 aromatic carbocycles. The van der Waals surface area contributed by atoms with Crippen molar-refractivity contribution in [1.29, 1.82) is 0 Å². The lowest BCUT2D eigenvalue weighted by Crippen LogP contribution is -2.43. The molecule has 1 fully saturated rings. The molecule has 1 rings (SSSR count). The van der Waals surface area contributed by atoms with Crippen molar-refractivity contribution in [2.75, 3.05) is 23.8 Å². The summed E-state index contributed by atoms with van der Waals surface area (Å²) >= 11 is 3.09. The van der Waals surface area contributed by atoms with E-state index in [1.54, 1.807) is 0 Å². The van der Waals surface area contributed by atoms with E-state index < -0.39 is 0 Å². The second-order valence-corrected chi connectivity index (χ2v) is 6.55. The number of amides is 2. The highest BCUT2D eigenvalue weighted by molar-refractivity contribution is 8.14. The minimum Gasteiger partial charge on any atom is -0.354 e. The molecule has 1 saturated heterocycles. The third kappa shape index (κ3) is 6.21. The van der Waals surface area contributed by atoms with Crippen molar-refractivity contribution < 1.29 is 9.59 Å². The number of thioether (sulfide) groups is 2. The fourth-order valence-electron chi connectivity index (χ4n) is 1.35. The highest BCUT2D eigenvalue weighted by Gasteiger charge is 2.27. The van der Waals surface area contributed by atoms with E-state index in [0.717, 1.165) is 18.1 Å². The normalized spacial score (nSPS) is 19.5. The van der Waals surface area contributed by atoms with Crippen molar-refractivity contribution in [2.24, 2.45) is 5.92 Å². The van der Waals surface area contributed by atoms with Gasteiger partial charge in [0.25, 0.3) is 5.24 Å². The zero-order chi connectivity index (χ0) is 12.7. The summed E-state index contributed by atoms with van der Waals surface area (Å²) in [4.78, 5) is 22.5. The standard InChI is InChI=1S/C11H20N2O2S2/c1-8(2)6-16-5-3-4-12-10(14)9-7-17-11(15)13-9/h8-9H,3-7H2,1-2H3,(H,12,14)(H,13,15). The van der Waals surface area contributed by atoms with Gasteiger partial charge in [0.2, 0.25) is 5.91 Å². The van der Waals surface area contributed by atoms with Crippen LogP contribution in [0.25, 0.3) is 0 Å². The van der Waals surface area contributed by atoms with Crippen LogP contribution >= 0.6 is 23.5 Å². The van der Waals surface area contributed by atoms with E-state index in [-0.39, 0.29) is 17.2 Å². The molecule has 2 N–H and O–H groups in total. The summed E-state index contributed by atoms with van der Waals surface area (Å²) in [7, 11) is 0. The topological polar surface area (TPSA) is 58.2 Å². The minimum absolute atomic E-state index is 0.0581. The quantitative estimate of drug-likeness (QED) is 0.695. The smallest absolute Gasteiger partial charge is 0.279 e. The van der Waals surface area contributed by atoms with Crippen LogP contribution in [0.2, 0.25) is 0 Å². The summed E-state index contributed by atoms with van der Waals surface area (Å²) < 4.78 is 0. The molecular weight excluding hydrogens is 256 g/mol. The van der Waals surface area contributed by atoms with Crippen LogP contribution in [0.1, 0.15) is 20.3 Å². The average molecular weight is 276 g/mol. The lowest BCUT2D eigenvalue weighted by Gasteiger charge is -2.10. The summed E-state index contributed by atoms with van der Waals surface area (Å²) in [5, 5.41) is 5.38. The second kappa shape index (κ2) is 7.87. The minimum atomic E-state index is -0.337. The molecule has 2 amide bonds. The molecule has 4 nitrogen and oxygen atoms in total. The molecule has 0 aromatic heterocycles. The Morgan fingerprint density at radius 2 is 2.41 bits per heavy atom. The van der Waals surface area contributed by atoms with Crippen LogP contribution in [0.15, 0.2) is 0 Å². The van der Waals surface area contributed by atoms with Gasteiger partial charge in [0.05, 0.1) is 0 Å². The largest absolute Gasteiger partial charge is 0.354 e. The zero-order valence-corrected chi connectivity index (χ0v) is 12.0. The van der Waals surface area contributed by atoms with E-state index in [4.69, 9.17) is 0 Å². The number of rotatable bonds is 7. The molecule has 0 saturated carbocycles. The summed E-state index contributed by atoms with van der Waals surface area (Å²) in [6.45, 7) is 5.10. The number of hydrogen-bond donors (Lipinski definition) is 2. The maximum Gasteiger partial charge on any atom is 0.279 e. The number of hydrogen-bond acceptors (Lipinski definition) is 4. The monoisotopic (exact) mass is 276 g/mol. The van der Waals surface area contributed by atoms with Crippen LogP contribution in [0.5, 0.6) is 0 Å². The van der Waals surface area contributed by atoms with Crippen molar-refractivity contribution in [3.05, 3.63) is 0 Å². The van der Waals surface area contributed by atoms with Crippen LogP contribution in [-0.4, -0.2) is 41.0 Å². The fraction of sp³-hybridized carbons (Fsp3) is 0.818. The third-order valence-electron chi connectivity index (χ3n) is 2.21. The van der Waals surface area contributed by atoms with Gasteiger partial charge in [-0.2, -0.15) is 11.8 Å². The summed E-state index contributed by atoms with van der Waals surface area (Å²) in [5.41, 5.74) is 0. The molecule has 0 aromatic rings. The van der Waals surface area contributed by atoms with E-state index in [9.17, 15) is 9.59 Å². The van der Waals surface area contributed by atoms with E-state index >= 15 is 0 Å². The van der Waals surface area contributed by atoms with Gasteiger partial charge >= 0.3 is 0 Å². The first-order valence-electron chi connectivity index (χ1n) is 5.88. The zero-order valence-electron chi connectivity index (χ0n) is 10.3. The van der Waals surface area contributed by atoms with Crippen LogP contribution in [-0.2, 0) is 4.79 Å². The second-order valence-electron chi connectivity index (χ2n) is 4.41. The maximum atomic E-state index is 11.6. The summed E-state index contributed by atoms with van der Waals surface area (Å²) in [6, 6.07) is -0.337. The van der Waals surface area contributed by atoms with Gasteiger partial charge in [0.15, 0.2) is 0 Å². The molecule has 0 radical (unpaired) electrons. The number of carbonyl (C=O) groups is 2. The first kappa shape index (κ1) is 14.7.